The SMILES string of the molecule is CC(C(=O)NC1CC1)N1CCCC(O)c2ccccc21. The van der Waals surface area contributed by atoms with E-state index in [0.29, 0.717) is 6.04 Å². The van der Waals surface area contributed by atoms with Crippen LogP contribution in [0.25, 0.3) is 0 Å². The van der Waals surface area contributed by atoms with Gasteiger partial charge in [-0.2, -0.15) is 0 Å². The van der Waals surface area contributed by atoms with E-state index in [2.05, 4.69) is 10.2 Å². The predicted molar refractivity (Wildman–Crippen MR) is 78.6 cm³/mol. The number of benzene rings is 1. The summed E-state index contributed by atoms with van der Waals surface area (Å²) in [5.74, 6) is 0.0960. The highest BCUT2D eigenvalue weighted by Gasteiger charge is 2.30. The Balaban J connectivity index is 1.84. The van der Waals surface area contributed by atoms with E-state index < -0.39 is 6.10 Å². The summed E-state index contributed by atoms with van der Waals surface area (Å²) >= 11 is 0. The van der Waals surface area contributed by atoms with Crippen molar-refractivity contribution in [2.75, 3.05) is 11.4 Å². The van der Waals surface area contributed by atoms with E-state index in [1.165, 1.54) is 0 Å². The number of carbonyl (C=O) groups excluding carboxylic acids is 1. The molecule has 4 nitrogen and oxygen atoms in total. The molecule has 1 aliphatic carbocycles. The fourth-order valence-corrected chi connectivity index (χ4v) is 2.86. The second kappa shape index (κ2) is 5.44. The standard InChI is InChI=1S/C16H22N2O2/c1-11(16(20)17-12-8-9-12)18-10-4-7-15(19)13-5-2-3-6-14(13)18/h2-3,5-6,11-12,15,19H,4,7-10H2,1H3,(H,17,20). The lowest BCUT2D eigenvalue weighted by Crippen LogP contribution is -2.46. The first-order chi connectivity index (χ1) is 9.66. The van der Waals surface area contributed by atoms with Gasteiger partial charge in [0.15, 0.2) is 0 Å². The van der Waals surface area contributed by atoms with Crippen molar-refractivity contribution >= 4 is 11.6 Å². The number of nitrogens with zero attached hydrogens (tertiary/aromatic N) is 1. The summed E-state index contributed by atoms with van der Waals surface area (Å²) < 4.78 is 0. The maximum absolute atomic E-state index is 12.3. The molecule has 2 aliphatic rings. The van der Waals surface area contributed by atoms with Crippen molar-refractivity contribution in [3.8, 4) is 0 Å². The van der Waals surface area contributed by atoms with Gasteiger partial charge in [0, 0.05) is 23.8 Å². The molecule has 0 radical (unpaired) electrons. The van der Waals surface area contributed by atoms with Crippen LogP contribution in [0.15, 0.2) is 24.3 Å². The lowest BCUT2D eigenvalue weighted by Gasteiger charge is -2.30. The van der Waals surface area contributed by atoms with Gasteiger partial charge in [-0.3, -0.25) is 4.79 Å². The molecule has 1 aromatic rings. The summed E-state index contributed by atoms with van der Waals surface area (Å²) in [4.78, 5) is 14.4. The zero-order chi connectivity index (χ0) is 14.1. The van der Waals surface area contributed by atoms with E-state index in [-0.39, 0.29) is 11.9 Å². The van der Waals surface area contributed by atoms with E-state index in [9.17, 15) is 9.90 Å². The molecule has 1 aliphatic heterocycles. The topological polar surface area (TPSA) is 52.6 Å². The first kappa shape index (κ1) is 13.4. The third-order valence-corrected chi connectivity index (χ3v) is 4.25. The number of aliphatic hydroxyl groups is 1. The summed E-state index contributed by atoms with van der Waals surface area (Å²) in [5, 5.41) is 13.3. The van der Waals surface area contributed by atoms with Crippen molar-refractivity contribution in [3.05, 3.63) is 29.8 Å². The second-order valence-corrected chi connectivity index (χ2v) is 5.87. The van der Waals surface area contributed by atoms with Crippen molar-refractivity contribution < 1.29 is 9.90 Å². The average Bonchev–Trinajstić information content (AvgIpc) is 3.27. The lowest BCUT2D eigenvalue weighted by molar-refractivity contribution is -0.122. The molecule has 20 heavy (non-hydrogen) atoms. The van der Waals surface area contributed by atoms with Gasteiger partial charge >= 0.3 is 0 Å². The fourth-order valence-electron chi connectivity index (χ4n) is 2.86. The largest absolute Gasteiger partial charge is 0.388 e. The van der Waals surface area contributed by atoms with Gasteiger partial charge in [0.05, 0.1) is 6.10 Å². The number of amides is 1. The minimum atomic E-state index is -0.421. The summed E-state index contributed by atoms with van der Waals surface area (Å²) in [6.45, 7) is 2.76. The van der Waals surface area contributed by atoms with Crippen molar-refractivity contribution in [2.45, 2.75) is 50.8 Å². The van der Waals surface area contributed by atoms with Crippen LogP contribution in [0.4, 0.5) is 5.69 Å². The van der Waals surface area contributed by atoms with Crippen LogP contribution >= 0.6 is 0 Å². The summed E-state index contributed by atoms with van der Waals surface area (Å²) in [6.07, 6.45) is 3.44. The summed E-state index contributed by atoms with van der Waals surface area (Å²) in [6, 6.07) is 8.07. The Morgan fingerprint density at radius 3 is 2.85 bits per heavy atom. The van der Waals surface area contributed by atoms with Gasteiger partial charge in [-0.05, 0) is 38.7 Å². The number of aliphatic hydroxyl groups excluding tert-OH is 1. The maximum Gasteiger partial charge on any atom is 0.242 e. The van der Waals surface area contributed by atoms with E-state index in [1.54, 1.807) is 0 Å². The quantitative estimate of drug-likeness (QED) is 0.886. The molecule has 1 amide bonds. The van der Waals surface area contributed by atoms with Crippen molar-refractivity contribution in [1.29, 1.82) is 0 Å². The molecule has 2 N–H and O–H groups in total. The maximum atomic E-state index is 12.3. The molecule has 0 aromatic heterocycles. The zero-order valence-electron chi connectivity index (χ0n) is 11.9. The Kier molecular flexibility index (Phi) is 3.66. The molecular formula is C16H22N2O2. The first-order valence-electron chi connectivity index (χ1n) is 7.51. The van der Waals surface area contributed by atoms with Gasteiger partial charge in [0.1, 0.15) is 6.04 Å². The second-order valence-electron chi connectivity index (χ2n) is 5.87. The number of carbonyl (C=O) groups is 1. The van der Waals surface area contributed by atoms with Gasteiger partial charge in [-0.1, -0.05) is 18.2 Å². The molecule has 1 fully saturated rings. The molecule has 2 atom stereocenters. The first-order valence-corrected chi connectivity index (χ1v) is 7.51. The fraction of sp³-hybridized carbons (Fsp3) is 0.562. The van der Waals surface area contributed by atoms with E-state index in [4.69, 9.17) is 0 Å². The van der Waals surface area contributed by atoms with E-state index in [1.807, 2.05) is 31.2 Å². The molecule has 1 heterocycles. The van der Waals surface area contributed by atoms with E-state index >= 15 is 0 Å². The van der Waals surface area contributed by atoms with Crippen molar-refractivity contribution in [1.82, 2.24) is 5.32 Å². The number of anilines is 1. The molecule has 4 heteroatoms. The molecule has 0 spiro atoms. The Morgan fingerprint density at radius 1 is 1.35 bits per heavy atom. The van der Waals surface area contributed by atoms with Crippen LogP contribution in [0.3, 0.4) is 0 Å². The highest BCUT2D eigenvalue weighted by Crippen LogP contribution is 2.33. The number of para-hydroxylation sites is 1. The van der Waals surface area contributed by atoms with Crippen LogP contribution < -0.4 is 10.2 Å². The third-order valence-electron chi connectivity index (χ3n) is 4.25. The molecular weight excluding hydrogens is 252 g/mol. The number of hydrogen-bond acceptors (Lipinski definition) is 3. The molecule has 1 saturated carbocycles. The number of rotatable bonds is 3. The monoisotopic (exact) mass is 274 g/mol. The molecule has 0 bridgehead atoms. The number of fused-ring (bicyclic) bond motifs is 1. The van der Waals surface area contributed by atoms with Crippen LogP contribution in [0.1, 0.15) is 44.3 Å². The van der Waals surface area contributed by atoms with Gasteiger partial charge in [-0.15, -0.1) is 0 Å². The van der Waals surface area contributed by atoms with Crippen LogP contribution in [-0.2, 0) is 4.79 Å². The van der Waals surface area contributed by atoms with Crippen molar-refractivity contribution in [3.63, 3.8) is 0 Å². The Bertz CT molecular complexity index is 499. The highest BCUT2D eigenvalue weighted by molar-refractivity contribution is 5.85. The Hall–Kier alpha value is -1.55. The molecule has 0 saturated heterocycles. The van der Waals surface area contributed by atoms with E-state index in [0.717, 1.165) is 43.5 Å². The summed E-state index contributed by atoms with van der Waals surface area (Å²) in [5.41, 5.74) is 1.94. The van der Waals surface area contributed by atoms with Crippen LogP contribution in [0.5, 0.6) is 0 Å². The predicted octanol–water partition coefficient (Wildman–Crippen LogP) is 1.99. The van der Waals surface area contributed by atoms with Gasteiger partial charge in [0.2, 0.25) is 5.91 Å². The van der Waals surface area contributed by atoms with Crippen LogP contribution in [0.2, 0.25) is 0 Å². The molecule has 1 aromatic carbocycles. The zero-order valence-corrected chi connectivity index (χ0v) is 11.9. The Labute approximate surface area is 119 Å². The minimum absolute atomic E-state index is 0.0960. The normalized spacial score (nSPS) is 23.7. The highest BCUT2D eigenvalue weighted by atomic mass is 16.3. The lowest BCUT2D eigenvalue weighted by atomic mass is 10.0. The smallest absolute Gasteiger partial charge is 0.242 e. The average molecular weight is 274 g/mol. The number of hydrogen-bond donors (Lipinski definition) is 2. The van der Waals surface area contributed by atoms with Gasteiger partial charge < -0.3 is 15.3 Å². The summed E-state index contributed by atoms with van der Waals surface area (Å²) in [7, 11) is 0. The Morgan fingerprint density at radius 2 is 2.10 bits per heavy atom. The van der Waals surface area contributed by atoms with Crippen molar-refractivity contribution in [2.24, 2.45) is 0 Å². The van der Waals surface area contributed by atoms with Gasteiger partial charge in [-0.25, -0.2) is 0 Å². The molecule has 3 rings (SSSR count). The van der Waals surface area contributed by atoms with Crippen LogP contribution in [-0.4, -0.2) is 29.6 Å². The van der Waals surface area contributed by atoms with Crippen LogP contribution in [0, 0.1) is 0 Å². The minimum Gasteiger partial charge on any atom is -0.388 e. The molecule has 108 valence electrons. The van der Waals surface area contributed by atoms with Gasteiger partial charge in [0.25, 0.3) is 0 Å². The number of nitrogens with one attached hydrogen (secondary N) is 1. The third kappa shape index (κ3) is 2.66. The molecule has 2 unspecified atom stereocenters.